The highest BCUT2D eigenvalue weighted by Crippen LogP contribution is 2.37. The van der Waals surface area contributed by atoms with Gasteiger partial charge in [0.25, 0.3) is 0 Å². The monoisotopic (exact) mass is 287 g/mol. The van der Waals surface area contributed by atoms with Gasteiger partial charge in [0.1, 0.15) is 11.9 Å². The first-order valence-corrected chi connectivity index (χ1v) is 6.51. The summed E-state index contributed by atoms with van der Waals surface area (Å²) < 4.78 is 43.9. The summed E-state index contributed by atoms with van der Waals surface area (Å²) >= 11 is 1.45. The Morgan fingerprint density at radius 3 is 2.53 bits per heavy atom. The molecule has 2 aromatic rings. The Bertz CT molecular complexity index is 525. The van der Waals surface area contributed by atoms with Crippen LogP contribution in [0.25, 0.3) is 0 Å². The Morgan fingerprint density at radius 2 is 1.95 bits per heavy atom. The van der Waals surface area contributed by atoms with E-state index in [9.17, 15) is 13.2 Å². The first kappa shape index (κ1) is 13.9. The molecule has 1 aromatic carbocycles. The number of hydrogen-bond acceptors (Lipinski definition) is 3. The summed E-state index contributed by atoms with van der Waals surface area (Å²) in [4.78, 5) is 0. The van der Waals surface area contributed by atoms with Crippen LogP contribution in [-0.2, 0) is 6.18 Å². The summed E-state index contributed by atoms with van der Waals surface area (Å²) in [5.41, 5.74) is 5.56. The van der Waals surface area contributed by atoms with Gasteiger partial charge in [-0.15, -0.1) is 0 Å². The summed E-state index contributed by atoms with van der Waals surface area (Å²) in [5, 5.41) is 3.64. The number of alkyl halides is 3. The van der Waals surface area contributed by atoms with Crippen LogP contribution in [0.1, 0.15) is 17.2 Å². The summed E-state index contributed by atoms with van der Waals surface area (Å²) in [5.74, 6) is -0.198. The minimum Gasteiger partial charge on any atom is -0.484 e. The number of hydrogen-bond donors (Lipinski definition) is 1. The number of halogens is 3. The number of nitrogens with two attached hydrogens (primary N) is 1. The molecule has 0 aliphatic heterocycles. The van der Waals surface area contributed by atoms with E-state index in [2.05, 4.69) is 0 Å². The van der Waals surface area contributed by atoms with E-state index in [1.165, 1.54) is 29.5 Å². The van der Waals surface area contributed by atoms with Crippen LogP contribution < -0.4 is 10.5 Å². The highest BCUT2D eigenvalue weighted by molar-refractivity contribution is 7.07. The third-order valence-electron chi connectivity index (χ3n) is 2.59. The molecule has 0 aliphatic rings. The minimum atomic E-state index is -4.44. The van der Waals surface area contributed by atoms with E-state index >= 15 is 0 Å². The fraction of sp³-hybridized carbons (Fsp3) is 0.231. The summed E-state index contributed by atoms with van der Waals surface area (Å²) in [6, 6.07) is 6.93. The summed E-state index contributed by atoms with van der Waals surface area (Å²) in [7, 11) is 0. The normalized spacial score (nSPS) is 13.3. The molecule has 2 N–H and O–H groups in total. The standard InChI is InChI=1S/C13H12F3NOS/c14-13(15,16)10-3-1-2-4-11(10)18-12(7-17)9-5-6-19-8-9/h1-6,8,12H,7,17H2. The molecule has 6 heteroatoms. The molecule has 19 heavy (non-hydrogen) atoms. The molecule has 0 amide bonds. The largest absolute Gasteiger partial charge is 0.484 e. The van der Waals surface area contributed by atoms with E-state index in [0.29, 0.717) is 0 Å². The Balaban J connectivity index is 2.28. The zero-order valence-corrected chi connectivity index (χ0v) is 10.7. The van der Waals surface area contributed by atoms with Crippen LogP contribution >= 0.6 is 11.3 Å². The van der Waals surface area contributed by atoms with E-state index in [0.717, 1.165) is 11.6 Å². The Hall–Kier alpha value is -1.53. The minimum absolute atomic E-state index is 0.114. The first-order valence-electron chi connectivity index (χ1n) is 5.57. The van der Waals surface area contributed by atoms with Crippen molar-refractivity contribution >= 4 is 11.3 Å². The van der Waals surface area contributed by atoms with Gasteiger partial charge >= 0.3 is 6.18 Å². The zero-order chi connectivity index (χ0) is 13.9. The number of ether oxygens (including phenoxy) is 1. The third kappa shape index (κ3) is 3.27. The van der Waals surface area contributed by atoms with Crippen molar-refractivity contribution in [2.24, 2.45) is 5.73 Å². The van der Waals surface area contributed by atoms with Crippen LogP contribution in [0.4, 0.5) is 13.2 Å². The topological polar surface area (TPSA) is 35.2 Å². The Labute approximate surface area is 112 Å². The third-order valence-corrected chi connectivity index (χ3v) is 3.29. The van der Waals surface area contributed by atoms with Crippen molar-refractivity contribution in [3.05, 3.63) is 52.2 Å². The maximum absolute atomic E-state index is 12.8. The Kier molecular flexibility index (Phi) is 4.11. The molecule has 102 valence electrons. The average molecular weight is 287 g/mol. The fourth-order valence-corrected chi connectivity index (χ4v) is 2.37. The second-order valence-corrected chi connectivity index (χ2v) is 4.67. The van der Waals surface area contributed by atoms with Crippen molar-refractivity contribution < 1.29 is 17.9 Å². The van der Waals surface area contributed by atoms with Crippen LogP contribution in [0, 0.1) is 0 Å². The number of thiophene rings is 1. The second-order valence-electron chi connectivity index (χ2n) is 3.89. The Morgan fingerprint density at radius 1 is 1.21 bits per heavy atom. The van der Waals surface area contributed by atoms with E-state index < -0.39 is 17.8 Å². The zero-order valence-electron chi connectivity index (χ0n) is 9.85. The maximum Gasteiger partial charge on any atom is 0.419 e. The van der Waals surface area contributed by atoms with Crippen LogP contribution in [0.15, 0.2) is 41.1 Å². The second kappa shape index (κ2) is 5.63. The van der Waals surface area contributed by atoms with Crippen molar-refractivity contribution in [2.75, 3.05) is 6.54 Å². The molecule has 2 nitrogen and oxygen atoms in total. The van der Waals surface area contributed by atoms with Crippen molar-refractivity contribution in [1.29, 1.82) is 0 Å². The molecular formula is C13H12F3NOS. The molecule has 1 unspecified atom stereocenters. The number of benzene rings is 1. The lowest BCUT2D eigenvalue weighted by Crippen LogP contribution is -2.19. The van der Waals surface area contributed by atoms with Gasteiger partial charge in [0.05, 0.1) is 5.56 Å². The van der Waals surface area contributed by atoms with E-state index in [4.69, 9.17) is 10.5 Å². The van der Waals surface area contributed by atoms with Crippen molar-refractivity contribution in [1.82, 2.24) is 0 Å². The highest BCUT2D eigenvalue weighted by atomic mass is 32.1. The molecule has 0 bridgehead atoms. The van der Waals surface area contributed by atoms with Crippen molar-refractivity contribution in [3.8, 4) is 5.75 Å². The van der Waals surface area contributed by atoms with Gasteiger partial charge in [0.15, 0.2) is 0 Å². The molecule has 0 spiro atoms. The molecule has 0 radical (unpaired) electrons. The lowest BCUT2D eigenvalue weighted by Gasteiger charge is -2.19. The predicted molar refractivity (Wildman–Crippen MR) is 68.2 cm³/mol. The van der Waals surface area contributed by atoms with Gasteiger partial charge in [-0.1, -0.05) is 12.1 Å². The molecule has 0 saturated carbocycles. The highest BCUT2D eigenvalue weighted by Gasteiger charge is 2.34. The number of rotatable bonds is 4. The van der Waals surface area contributed by atoms with Crippen molar-refractivity contribution in [2.45, 2.75) is 12.3 Å². The van der Waals surface area contributed by atoms with Crippen LogP contribution in [0.5, 0.6) is 5.75 Å². The maximum atomic E-state index is 12.8. The smallest absolute Gasteiger partial charge is 0.419 e. The SMILES string of the molecule is NCC(Oc1ccccc1C(F)(F)F)c1ccsc1. The summed E-state index contributed by atoms with van der Waals surface area (Å²) in [6.45, 7) is 0.114. The lowest BCUT2D eigenvalue weighted by atomic mass is 10.1. The first-order chi connectivity index (χ1) is 9.02. The molecule has 0 saturated heterocycles. The van der Waals surface area contributed by atoms with E-state index in [1.807, 2.05) is 10.8 Å². The average Bonchev–Trinajstić information content (AvgIpc) is 2.89. The van der Waals surface area contributed by atoms with Gasteiger partial charge in [-0.05, 0) is 29.0 Å². The van der Waals surface area contributed by atoms with E-state index in [1.54, 1.807) is 6.07 Å². The predicted octanol–water partition coefficient (Wildman–Crippen LogP) is 3.85. The molecular weight excluding hydrogens is 275 g/mol. The molecule has 1 heterocycles. The van der Waals surface area contributed by atoms with Gasteiger partial charge in [-0.2, -0.15) is 24.5 Å². The molecule has 1 atom stereocenters. The van der Waals surface area contributed by atoms with Crippen LogP contribution in [-0.4, -0.2) is 6.54 Å². The fourth-order valence-electron chi connectivity index (χ4n) is 1.67. The van der Waals surface area contributed by atoms with Crippen molar-refractivity contribution in [3.63, 3.8) is 0 Å². The van der Waals surface area contributed by atoms with Gasteiger partial charge in [0.2, 0.25) is 0 Å². The molecule has 0 fully saturated rings. The molecule has 2 rings (SSSR count). The van der Waals surface area contributed by atoms with Gasteiger partial charge in [-0.25, -0.2) is 0 Å². The molecule has 1 aromatic heterocycles. The lowest BCUT2D eigenvalue weighted by molar-refractivity contribution is -0.139. The van der Waals surface area contributed by atoms with Gasteiger partial charge < -0.3 is 10.5 Å². The van der Waals surface area contributed by atoms with Gasteiger partial charge in [-0.3, -0.25) is 0 Å². The van der Waals surface area contributed by atoms with Crippen LogP contribution in [0.3, 0.4) is 0 Å². The van der Waals surface area contributed by atoms with E-state index in [-0.39, 0.29) is 12.3 Å². The molecule has 0 aliphatic carbocycles. The number of para-hydroxylation sites is 1. The van der Waals surface area contributed by atoms with Gasteiger partial charge in [0, 0.05) is 12.1 Å². The quantitative estimate of drug-likeness (QED) is 0.927. The van der Waals surface area contributed by atoms with Crippen LogP contribution in [0.2, 0.25) is 0 Å². The summed E-state index contributed by atoms with van der Waals surface area (Å²) in [6.07, 6.45) is -5.01.